The number of aromatic amines is 1. The standard InChI is InChI=1S/C24H33N3O5S.2ClH/c1-16(2)32-12-4-10-25-15-18-6-3-5-17(13-18)9-11-26-24(30,31)14-19-7-8-20(28)21-22(19)33-23(29)27-21;;/h3,5-8,13,16,25-26,28,30-31H,4,9-12,14-15H2,1-2H3,(H,27,29);2*1H. The van der Waals surface area contributed by atoms with Crippen molar-refractivity contribution in [3.05, 3.63) is 62.8 Å². The average molecular weight is 549 g/mol. The summed E-state index contributed by atoms with van der Waals surface area (Å²) >= 11 is 0.934. The van der Waals surface area contributed by atoms with Crippen LogP contribution in [-0.4, -0.2) is 52.0 Å². The SMILES string of the molecule is CC(C)OCCCNCc1cccc(CCNC(O)(O)Cc2ccc(O)c3[nH]c(=O)sc23)c1.Cl.Cl. The summed E-state index contributed by atoms with van der Waals surface area (Å²) in [6, 6.07) is 11.2. The number of H-pyrrole nitrogens is 1. The Morgan fingerprint density at radius 1 is 1.11 bits per heavy atom. The zero-order chi connectivity index (χ0) is 23.8. The number of rotatable bonds is 13. The first kappa shape index (κ1) is 31.3. The fourth-order valence-corrected chi connectivity index (χ4v) is 4.46. The predicted octanol–water partition coefficient (Wildman–Crippen LogP) is 3.06. The molecule has 2 aromatic carbocycles. The molecule has 0 atom stereocenters. The third-order valence-corrected chi connectivity index (χ3v) is 6.13. The molecule has 8 nitrogen and oxygen atoms in total. The van der Waals surface area contributed by atoms with Crippen molar-refractivity contribution in [3.8, 4) is 5.75 Å². The van der Waals surface area contributed by atoms with Crippen LogP contribution >= 0.6 is 36.2 Å². The minimum absolute atomic E-state index is 0. The van der Waals surface area contributed by atoms with Crippen LogP contribution in [0, 0.1) is 0 Å². The molecular weight excluding hydrogens is 513 g/mol. The van der Waals surface area contributed by atoms with Crippen molar-refractivity contribution in [1.29, 1.82) is 0 Å². The third-order valence-electron chi connectivity index (χ3n) is 5.17. The van der Waals surface area contributed by atoms with Gasteiger partial charge in [-0.1, -0.05) is 41.7 Å². The molecule has 0 aliphatic carbocycles. The van der Waals surface area contributed by atoms with Gasteiger partial charge in [0.25, 0.3) is 0 Å². The highest BCUT2D eigenvalue weighted by molar-refractivity contribution is 7.16. The predicted molar refractivity (Wildman–Crippen MR) is 145 cm³/mol. The highest BCUT2D eigenvalue weighted by Gasteiger charge is 2.25. The lowest BCUT2D eigenvalue weighted by molar-refractivity contribution is -0.183. The highest BCUT2D eigenvalue weighted by atomic mass is 35.5. The van der Waals surface area contributed by atoms with Crippen molar-refractivity contribution < 1.29 is 20.1 Å². The summed E-state index contributed by atoms with van der Waals surface area (Å²) in [5.41, 5.74) is 3.15. The molecule has 0 fully saturated rings. The van der Waals surface area contributed by atoms with Crippen LogP contribution in [0.3, 0.4) is 0 Å². The van der Waals surface area contributed by atoms with E-state index in [1.54, 1.807) is 6.07 Å². The summed E-state index contributed by atoms with van der Waals surface area (Å²) in [5, 5.41) is 37.0. The highest BCUT2D eigenvalue weighted by Crippen LogP contribution is 2.29. The maximum atomic E-state index is 11.7. The van der Waals surface area contributed by atoms with Crippen LogP contribution < -0.4 is 15.5 Å². The fourth-order valence-electron chi connectivity index (χ4n) is 3.59. The molecule has 0 amide bonds. The number of hydrogen-bond acceptors (Lipinski definition) is 8. The van der Waals surface area contributed by atoms with E-state index in [-0.39, 0.29) is 48.0 Å². The smallest absolute Gasteiger partial charge is 0.305 e. The van der Waals surface area contributed by atoms with Crippen molar-refractivity contribution in [1.82, 2.24) is 15.6 Å². The van der Waals surface area contributed by atoms with Crippen LogP contribution in [0.4, 0.5) is 0 Å². The number of nitrogens with one attached hydrogen (secondary N) is 3. The first-order valence-electron chi connectivity index (χ1n) is 11.2. The van der Waals surface area contributed by atoms with Gasteiger partial charge in [0.2, 0.25) is 5.91 Å². The Labute approximate surface area is 221 Å². The molecule has 3 aromatic rings. The van der Waals surface area contributed by atoms with Gasteiger partial charge in [-0.25, -0.2) is 0 Å². The molecule has 0 unspecified atom stereocenters. The lowest BCUT2D eigenvalue weighted by Crippen LogP contribution is -2.47. The number of fused-ring (bicyclic) bond motifs is 1. The van der Waals surface area contributed by atoms with Crippen molar-refractivity contribution >= 4 is 46.4 Å². The maximum Gasteiger partial charge on any atom is 0.305 e. The topological polar surface area (TPSA) is 127 Å². The molecule has 11 heteroatoms. The van der Waals surface area contributed by atoms with Gasteiger partial charge in [0.05, 0.1) is 10.8 Å². The maximum absolute atomic E-state index is 11.7. The summed E-state index contributed by atoms with van der Waals surface area (Å²) in [7, 11) is 0. The van der Waals surface area contributed by atoms with E-state index in [9.17, 15) is 20.1 Å². The van der Waals surface area contributed by atoms with Crippen molar-refractivity contribution in [3.63, 3.8) is 0 Å². The summed E-state index contributed by atoms with van der Waals surface area (Å²) in [5.74, 6) is -2.19. The largest absolute Gasteiger partial charge is 0.506 e. The number of phenols is 1. The number of benzene rings is 2. The molecule has 3 rings (SSSR count). The Balaban J connectivity index is 0.00000306. The van der Waals surface area contributed by atoms with E-state index in [0.717, 1.165) is 43.0 Å². The zero-order valence-corrected chi connectivity index (χ0v) is 22.3. The van der Waals surface area contributed by atoms with Crippen molar-refractivity contribution in [2.45, 2.75) is 51.7 Å². The first-order valence-corrected chi connectivity index (χ1v) is 12.0. The van der Waals surface area contributed by atoms with Crippen LogP contribution in [0.25, 0.3) is 10.2 Å². The fraction of sp³-hybridized carbons (Fsp3) is 0.458. The summed E-state index contributed by atoms with van der Waals surface area (Å²) in [6.07, 6.45) is 1.72. The second-order valence-corrected chi connectivity index (χ2v) is 9.39. The molecule has 1 aromatic heterocycles. The molecule has 0 bridgehead atoms. The molecule has 196 valence electrons. The van der Waals surface area contributed by atoms with E-state index < -0.39 is 5.91 Å². The van der Waals surface area contributed by atoms with E-state index >= 15 is 0 Å². The number of phenolic OH excluding ortho intramolecular Hbond substituents is 1. The van der Waals surface area contributed by atoms with Crippen molar-refractivity contribution in [2.24, 2.45) is 0 Å². The van der Waals surface area contributed by atoms with E-state index in [1.807, 2.05) is 26.0 Å². The summed E-state index contributed by atoms with van der Waals surface area (Å²) in [6.45, 7) is 6.83. The van der Waals surface area contributed by atoms with Gasteiger partial charge in [-0.05, 0) is 56.0 Å². The summed E-state index contributed by atoms with van der Waals surface area (Å²) < 4.78 is 6.05. The van der Waals surface area contributed by atoms with E-state index in [0.29, 0.717) is 28.7 Å². The minimum Gasteiger partial charge on any atom is -0.506 e. The van der Waals surface area contributed by atoms with Crippen molar-refractivity contribution in [2.75, 3.05) is 19.7 Å². The lowest BCUT2D eigenvalue weighted by Gasteiger charge is -2.23. The number of ether oxygens (including phenoxy) is 1. The minimum atomic E-state index is -2.14. The number of thiazole rings is 1. The number of hydrogen-bond donors (Lipinski definition) is 6. The van der Waals surface area contributed by atoms with Gasteiger partial charge in [-0.15, -0.1) is 24.8 Å². The molecule has 0 aliphatic rings. The molecule has 0 radical (unpaired) electrons. The third kappa shape index (κ3) is 10.1. The Kier molecular flexibility index (Phi) is 13.2. The number of aliphatic hydroxyl groups is 2. The van der Waals surface area contributed by atoms with Crippen LogP contribution in [0.15, 0.2) is 41.2 Å². The van der Waals surface area contributed by atoms with Gasteiger partial charge in [0, 0.05) is 26.1 Å². The molecule has 0 saturated heterocycles. The molecule has 35 heavy (non-hydrogen) atoms. The molecular formula is C24H35Cl2N3O5S. The van der Waals surface area contributed by atoms with Crippen LogP contribution in [0.1, 0.15) is 37.0 Å². The Bertz CT molecular complexity index is 1100. The molecule has 0 spiro atoms. The van der Waals surface area contributed by atoms with Gasteiger partial charge in [-0.2, -0.15) is 0 Å². The van der Waals surface area contributed by atoms with Gasteiger partial charge in [-0.3, -0.25) is 10.1 Å². The van der Waals surface area contributed by atoms with Gasteiger partial charge < -0.3 is 30.4 Å². The second kappa shape index (κ2) is 14.8. The number of aromatic nitrogens is 1. The van der Waals surface area contributed by atoms with Gasteiger partial charge in [0.1, 0.15) is 11.3 Å². The zero-order valence-electron chi connectivity index (χ0n) is 19.9. The Morgan fingerprint density at radius 2 is 1.86 bits per heavy atom. The monoisotopic (exact) mass is 547 g/mol. The molecule has 6 N–H and O–H groups in total. The first-order chi connectivity index (χ1) is 15.7. The molecule has 1 heterocycles. The van der Waals surface area contributed by atoms with E-state index in [4.69, 9.17) is 4.74 Å². The lowest BCUT2D eigenvalue weighted by atomic mass is 10.1. The number of halogens is 2. The molecule has 0 aliphatic heterocycles. The van der Waals surface area contributed by atoms with Crippen LogP contribution in [0.5, 0.6) is 5.75 Å². The average Bonchev–Trinajstić information content (AvgIpc) is 3.15. The van der Waals surface area contributed by atoms with E-state index in [1.165, 1.54) is 11.6 Å². The molecule has 0 saturated carbocycles. The number of aromatic hydroxyl groups is 1. The van der Waals surface area contributed by atoms with Gasteiger partial charge in [0.15, 0.2) is 0 Å². The Morgan fingerprint density at radius 3 is 2.60 bits per heavy atom. The van der Waals surface area contributed by atoms with E-state index in [2.05, 4.69) is 27.8 Å². The van der Waals surface area contributed by atoms with Crippen LogP contribution in [-0.2, 0) is 24.1 Å². The van der Waals surface area contributed by atoms with Gasteiger partial charge >= 0.3 is 4.87 Å². The normalized spacial score (nSPS) is 11.5. The second-order valence-electron chi connectivity index (χ2n) is 8.40. The summed E-state index contributed by atoms with van der Waals surface area (Å²) in [4.78, 5) is 13.9. The Hall–Kier alpha value is -1.69. The van der Waals surface area contributed by atoms with Crippen LogP contribution in [0.2, 0.25) is 0 Å². The quantitative estimate of drug-likeness (QED) is 0.143.